The SMILES string of the molecule is CNC(=O)c1ccc(/C=C/c2cccc3[nH]ccc23)cc1. The van der Waals surface area contributed by atoms with Crippen molar-refractivity contribution in [2.75, 3.05) is 7.05 Å². The molecule has 0 radical (unpaired) electrons. The molecule has 0 bridgehead atoms. The van der Waals surface area contributed by atoms with Crippen molar-refractivity contribution in [1.29, 1.82) is 0 Å². The third-order valence-electron chi connectivity index (χ3n) is 3.48. The van der Waals surface area contributed by atoms with Gasteiger partial charge >= 0.3 is 0 Å². The summed E-state index contributed by atoms with van der Waals surface area (Å²) >= 11 is 0. The molecule has 2 aromatic carbocycles. The quantitative estimate of drug-likeness (QED) is 0.704. The zero-order valence-electron chi connectivity index (χ0n) is 11.8. The Morgan fingerprint density at radius 2 is 1.86 bits per heavy atom. The zero-order chi connectivity index (χ0) is 14.7. The maximum absolute atomic E-state index is 11.5. The molecule has 0 saturated carbocycles. The summed E-state index contributed by atoms with van der Waals surface area (Å²) in [5.74, 6) is -0.0670. The Bertz CT molecular complexity index is 797. The standard InChI is InChI=1S/C18H16N2O/c1-19-18(21)15-9-6-13(7-10-15)5-8-14-3-2-4-17-16(14)11-12-20-17/h2-12,20H,1H3,(H,19,21)/b8-5+. The predicted molar refractivity (Wildman–Crippen MR) is 87.1 cm³/mol. The van der Waals surface area contributed by atoms with Gasteiger partial charge in [-0.15, -0.1) is 0 Å². The van der Waals surface area contributed by atoms with Crippen LogP contribution in [0, 0.1) is 0 Å². The zero-order valence-corrected chi connectivity index (χ0v) is 11.8. The average molecular weight is 276 g/mol. The van der Waals surface area contributed by atoms with Gasteiger partial charge in [0.25, 0.3) is 5.91 Å². The van der Waals surface area contributed by atoms with Crippen molar-refractivity contribution in [2.24, 2.45) is 0 Å². The predicted octanol–water partition coefficient (Wildman–Crippen LogP) is 3.70. The average Bonchev–Trinajstić information content (AvgIpc) is 3.02. The van der Waals surface area contributed by atoms with Gasteiger partial charge in [0.05, 0.1) is 0 Å². The second-order valence-corrected chi connectivity index (χ2v) is 4.82. The van der Waals surface area contributed by atoms with Crippen LogP contribution >= 0.6 is 0 Å². The Labute approximate surface area is 123 Å². The summed E-state index contributed by atoms with van der Waals surface area (Å²) in [5, 5.41) is 3.82. The number of carbonyl (C=O) groups is 1. The maximum Gasteiger partial charge on any atom is 0.251 e. The van der Waals surface area contributed by atoms with Crippen LogP contribution in [0.2, 0.25) is 0 Å². The molecule has 1 amide bonds. The van der Waals surface area contributed by atoms with Gasteiger partial charge in [-0.05, 0) is 35.4 Å². The molecule has 3 aromatic rings. The molecule has 0 aliphatic carbocycles. The van der Waals surface area contributed by atoms with Gasteiger partial charge in [0.1, 0.15) is 0 Å². The highest BCUT2D eigenvalue weighted by atomic mass is 16.1. The lowest BCUT2D eigenvalue weighted by molar-refractivity contribution is 0.0963. The van der Waals surface area contributed by atoms with Crippen LogP contribution in [0.3, 0.4) is 0 Å². The molecule has 0 saturated heterocycles. The molecule has 3 nitrogen and oxygen atoms in total. The van der Waals surface area contributed by atoms with Crippen molar-refractivity contribution < 1.29 is 4.79 Å². The van der Waals surface area contributed by atoms with Crippen molar-refractivity contribution in [2.45, 2.75) is 0 Å². The minimum Gasteiger partial charge on any atom is -0.361 e. The highest BCUT2D eigenvalue weighted by Gasteiger charge is 2.01. The van der Waals surface area contributed by atoms with Gasteiger partial charge in [-0.3, -0.25) is 4.79 Å². The lowest BCUT2D eigenvalue weighted by Crippen LogP contribution is -2.17. The first-order valence-electron chi connectivity index (χ1n) is 6.84. The number of hydrogen-bond acceptors (Lipinski definition) is 1. The first kappa shape index (κ1) is 13.2. The number of H-pyrrole nitrogens is 1. The van der Waals surface area contributed by atoms with E-state index in [2.05, 4.69) is 40.7 Å². The smallest absolute Gasteiger partial charge is 0.251 e. The van der Waals surface area contributed by atoms with Gasteiger partial charge in [-0.1, -0.05) is 36.4 Å². The van der Waals surface area contributed by atoms with Crippen molar-refractivity contribution >= 4 is 29.0 Å². The molecular formula is C18H16N2O. The number of hydrogen-bond donors (Lipinski definition) is 2. The Hall–Kier alpha value is -2.81. The van der Waals surface area contributed by atoms with Gasteiger partial charge in [0.2, 0.25) is 0 Å². The molecule has 21 heavy (non-hydrogen) atoms. The second kappa shape index (κ2) is 5.67. The first-order valence-corrected chi connectivity index (χ1v) is 6.84. The molecule has 0 fully saturated rings. The molecule has 0 aliphatic rings. The molecule has 1 heterocycles. The van der Waals surface area contributed by atoms with E-state index in [0.717, 1.165) is 11.1 Å². The third-order valence-corrected chi connectivity index (χ3v) is 3.48. The van der Waals surface area contributed by atoms with Crippen molar-refractivity contribution in [3.63, 3.8) is 0 Å². The monoisotopic (exact) mass is 276 g/mol. The number of benzene rings is 2. The largest absolute Gasteiger partial charge is 0.361 e. The van der Waals surface area contributed by atoms with Crippen LogP contribution < -0.4 is 5.32 Å². The Balaban J connectivity index is 1.86. The second-order valence-electron chi connectivity index (χ2n) is 4.82. The summed E-state index contributed by atoms with van der Waals surface area (Å²) in [4.78, 5) is 14.7. The Morgan fingerprint density at radius 1 is 1.05 bits per heavy atom. The van der Waals surface area contributed by atoms with Crippen molar-refractivity contribution in [1.82, 2.24) is 10.3 Å². The Kier molecular flexibility index (Phi) is 3.56. The molecule has 3 rings (SSSR count). The topological polar surface area (TPSA) is 44.9 Å². The summed E-state index contributed by atoms with van der Waals surface area (Å²) in [5.41, 5.74) is 4.04. The van der Waals surface area contributed by atoms with Crippen molar-refractivity contribution in [3.05, 3.63) is 71.4 Å². The minimum atomic E-state index is -0.0670. The summed E-state index contributed by atoms with van der Waals surface area (Å²) in [6.07, 6.45) is 6.08. The van der Waals surface area contributed by atoms with E-state index in [-0.39, 0.29) is 5.91 Å². The molecular weight excluding hydrogens is 260 g/mol. The van der Waals surface area contributed by atoms with Crippen LogP contribution in [-0.2, 0) is 0 Å². The minimum absolute atomic E-state index is 0.0670. The maximum atomic E-state index is 11.5. The summed E-state index contributed by atoms with van der Waals surface area (Å²) in [6, 6.07) is 15.8. The fourth-order valence-corrected chi connectivity index (χ4v) is 2.33. The van der Waals surface area contributed by atoms with Crippen molar-refractivity contribution in [3.8, 4) is 0 Å². The van der Waals surface area contributed by atoms with E-state index >= 15 is 0 Å². The normalized spacial score (nSPS) is 11.1. The van der Waals surface area contributed by atoms with Crippen LogP contribution in [0.1, 0.15) is 21.5 Å². The summed E-state index contributed by atoms with van der Waals surface area (Å²) in [6.45, 7) is 0. The van der Waals surface area contributed by atoms with Crippen LogP contribution in [0.25, 0.3) is 23.1 Å². The number of carbonyl (C=O) groups excluding carboxylic acids is 1. The Morgan fingerprint density at radius 3 is 2.62 bits per heavy atom. The molecule has 0 spiro atoms. The highest BCUT2D eigenvalue weighted by Crippen LogP contribution is 2.19. The van der Waals surface area contributed by atoms with Gasteiger partial charge in [0.15, 0.2) is 0 Å². The van der Waals surface area contributed by atoms with Gasteiger partial charge in [0, 0.05) is 29.7 Å². The number of amides is 1. The lowest BCUT2D eigenvalue weighted by Gasteiger charge is -2.00. The van der Waals surface area contributed by atoms with Gasteiger partial charge in [-0.25, -0.2) is 0 Å². The van der Waals surface area contributed by atoms with Crippen LogP contribution in [0.4, 0.5) is 0 Å². The van der Waals surface area contributed by atoms with E-state index in [1.54, 1.807) is 7.05 Å². The van der Waals surface area contributed by atoms with E-state index in [1.807, 2.05) is 36.5 Å². The van der Waals surface area contributed by atoms with E-state index in [0.29, 0.717) is 5.56 Å². The molecule has 3 heteroatoms. The fourth-order valence-electron chi connectivity index (χ4n) is 2.33. The van der Waals surface area contributed by atoms with E-state index in [9.17, 15) is 4.79 Å². The number of fused-ring (bicyclic) bond motifs is 1. The molecule has 1 aromatic heterocycles. The van der Waals surface area contributed by atoms with Crippen LogP contribution in [0.5, 0.6) is 0 Å². The van der Waals surface area contributed by atoms with E-state index < -0.39 is 0 Å². The number of rotatable bonds is 3. The lowest BCUT2D eigenvalue weighted by atomic mass is 10.1. The number of nitrogens with one attached hydrogen (secondary N) is 2. The molecule has 0 atom stereocenters. The van der Waals surface area contributed by atoms with Gasteiger partial charge < -0.3 is 10.3 Å². The van der Waals surface area contributed by atoms with E-state index in [4.69, 9.17) is 0 Å². The van der Waals surface area contributed by atoms with Crippen LogP contribution in [-0.4, -0.2) is 17.9 Å². The number of aromatic nitrogens is 1. The molecule has 104 valence electrons. The fraction of sp³-hybridized carbons (Fsp3) is 0.0556. The van der Waals surface area contributed by atoms with E-state index in [1.165, 1.54) is 10.9 Å². The summed E-state index contributed by atoms with van der Waals surface area (Å²) < 4.78 is 0. The van der Waals surface area contributed by atoms with Gasteiger partial charge in [-0.2, -0.15) is 0 Å². The highest BCUT2D eigenvalue weighted by molar-refractivity contribution is 5.94. The molecule has 0 unspecified atom stereocenters. The van der Waals surface area contributed by atoms with Crippen LogP contribution in [0.15, 0.2) is 54.7 Å². The number of aromatic amines is 1. The molecule has 2 N–H and O–H groups in total. The molecule has 0 aliphatic heterocycles. The third kappa shape index (κ3) is 2.72. The summed E-state index contributed by atoms with van der Waals surface area (Å²) in [7, 11) is 1.63. The first-order chi connectivity index (χ1) is 10.3.